The first-order valence-electron chi connectivity index (χ1n) is 7.60. The Balaban J connectivity index is 2.07. The third-order valence-electron chi connectivity index (χ3n) is 4.83. The number of Topliss-reactive ketones (excluding diaryl/α,β-unsaturated/α-hetero) is 1. The Hall–Kier alpha value is -1.65. The monoisotopic (exact) mass is 296 g/mol. The van der Waals surface area contributed by atoms with Crippen molar-refractivity contribution in [2.45, 2.75) is 45.8 Å². The van der Waals surface area contributed by atoms with Gasteiger partial charge in [0.1, 0.15) is 0 Å². The molecule has 0 N–H and O–H groups in total. The van der Waals surface area contributed by atoms with Gasteiger partial charge >= 0.3 is 7.12 Å². The molecular weight excluding hydrogens is 275 g/mol. The van der Waals surface area contributed by atoms with Gasteiger partial charge in [0, 0.05) is 5.56 Å². The summed E-state index contributed by atoms with van der Waals surface area (Å²) in [5.74, 6) is 0.0722. The fourth-order valence-corrected chi connectivity index (χ4v) is 2.70. The van der Waals surface area contributed by atoms with Crippen molar-refractivity contribution < 1.29 is 14.1 Å². The van der Waals surface area contributed by atoms with Gasteiger partial charge in [-0.05, 0) is 56.9 Å². The summed E-state index contributed by atoms with van der Waals surface area (Å²) in [5, 5.41) is 2.09. The van der Waals surface area contributed by atoms with Gasteiger partial charge in [0.25, 0.3) is 0 Å². The molecule has 2 aromatic carbocycles. The van der Waals surface area contributed by atoms with Gasteiger partial charge in [-0.3, -0.25) is 4.79 Å². The number of benzene rings is 2. The van der Waals surface area contributed by atoms with Crippen LogP contribution in [0.1, 0.15) is 45.0 Å². The first-order valence-corrected chi connectivity index (χ1v) is 7.60. The van der Waals surface area contributed by atoms with E-state index in [0.717, 1.165) is 21.8 Å². The predicted molar refractivity (Wildman–Crippen MR) is 89.7 cm³/mol. The van der Waals surface area contributed by atoms with Crippen LogP contribution in [0.15, 0.2) is 36.4 Å². The fraction of sp³-hybridized carbons (Fsp3) is 0.389. The van der Waals surface area contributed by atoms with Crippen molar-refractivity contribution in [2.75, 3.05) is 0 Å². The Morgan fingerprint density at radius 3 is 2.23 bits per heavy atom. The second kappa shape index (κ2) is 4.93. The molecule has 3 rings (SSSR count). The van der Waals surface area contributed by atoms with Crippen LogP contribution in [0.3, 0.4) is 0 Å². The third kappa shape index (κ3) is 2.36. The second-order valence-corrected chi connectivity index (χ2v) is 6.93. The van der Waals surface area contributed by atoms with Gasteiger partial charge in [0.2, 0.25) is 0 Å². The van der Waals surface area contributed by atoms with Crippen LogP contribution >= 0.6 is 0 Å². The molecule has 1 heterocycles. The molecule has 1 aliphatic heterocycles. The van der Waals surface area contributed by atoms with Crippen molar-refractivity contribution in [2.24, 2.45) is 0 Å². The van der Waals surface area contributed by atoms with E-state index in [1.165, 1.54) is 0 Å². The van der Waals surface area contributed by atoms with Crippen molar-refractivity contribution in [1.29, 1.82) is 0 Å². The Bertz CT molecular complexity index is 733. The van der Waals surface area contributed by atoms with Crippen LogP contribution in [0.4, 0.5) is 0 Å². The normalized spacial score (nSPS) is 19.6. The van der Waals surface area contributed by atoms with E-state index in [9.17, 15) is 4.79 Å². The molecule has 0 aromatic heterocycles. The summed E-state index contributed by atoms with van der Waals surface area (Å²) in [4.78, 5) is 11.6. The highest BCUT2D eigenvalue weighted by Gasteiger charge is 2.52. The standard InChI is InChI=1S/C18H21BO3/c1-12(20)13-9-10-15-14(11-13)7-6-8-16(15)19-21-17(2,3)18(4,5)22-19/h6-11H,1-5H3. The van der Waals surface area contributed by atoms with E-state index in [-0.39, 0.29) is 17.0 Å². The van der Waals surface area contributed by atoms with E-state index in [4.69, 9.17) is 9.31 Å². The largest absolute Gasteiger partial charge is 0.495 e. The molecule has 22 heavy (non-hydrogen) atoms. The van der Waals surface area contributed by atoms with Gasteiger partial charge in [-0.2, -0.15) is 0 Å². The Morgan fingerprint density at radius 1 is 1.00 bits per heavy atom. The second-order valence-electron chi connectivity index (χ2n) is 6.93. The van der Waals surface area contributed by atoms with Crippen LogP contribution in [0.2, 0.25) is 0 Å². The number of carbonyl (C=O) groups is 1. The quantitative estimate of drug-likeness (QED) is 0.630. The summed E-state index contributed by atoms with van der Waals surface area (Å²) in [5.41, 5.74) is 1.00. The van der Waals surface area contributed by atoms with Crippen LogP contribution in [0.25, 0.3) is 10.8 Å². The van der Waals surface area contributed by atoms with E-state index in [1.54, 1.807) is 6.92 Å². The number of rotatable bonds is 2. The molecule has 2 aromatic rings. The topological polar surface area (TPSA) is 35.5 Å². The summed E-state index contributed by atoms with van der Waals surface area (Å²) in [6.45, 7) is 9.77. The highest BCUT2D eigenvalue weighted by Crippen LogP contribution is 2.37. The average Bonchev–Trinajstić information content (AvgIpc) is 2.66. The minimum atomic E-state index is -0.392. The van der Waals surface area contributed by atoms with Crippen LogP contribution in [-0.2, 0) is 9.31 Å². The summed E-state index contributed by atoms with van der Waals surface area (Å²) in [6.07, 6.45) is 0. The summed E-state index contributed by atoms with van der Waals surface area (Å²) in [6, 6.07) is 11.8. The Labute approximate surface area is 131 Å². The minimum Gasteiger partial charge on any atom is -0.399 e. The van der Waals surface area contributed by atoms with E-state index in [1.807, 2.05) is 64.1 Å². The number of ketones is 1. The molecule has 0 amide bonds. The van der Waals surface area contributed by atoms with Crippen molar-refractivity contribution in [3.8, 4) is 0 Å². The number of hydrogen-bond acceptors (Lipinski definition) is 3. The molecule has 0 bridgehead atoms. The lowest BCUT2D eigenvalue weighted by Crippen LogP contribution is -2.41. The molecule has 0 saturated carbocycles. The highest BCUT2D eigenvalue weighted by molar-refractivity contribution is 6.65. The van der Waals surface area contributed by atoms with Gasteiger partial charge in [-0.1, -0.05) is 30.3 Å². The van der Waals surface area contributed by atoms with Gasteiger partial charge in [0.05, 0.1) is 11.2 Å². The smallest absolute Gasteiger partial charge is 0.399 e. The van der Waals surface area contributed by atoms with Crippen LogP contribution in [0, 0.1) is 0 Å². The zero-order valence-corrected chi connectivity index (χ0v) is 13.8. The lowest BCUT2D eigenvalue weighted by atomic mass is 9.76. The van der Waals surface area contributed by atoms with Gasteiger partial charge in [-0.25, -0.2) is 0 Å². The Kier molecular flexibility index (Phi) is 3.42. The molecule has 4 heteroatoms. The highest BCUT2D eigenvalue weighted by atomic mass is 16.7. The van der Waals surface area contributed by atoms with Crippen molar-refractivity contribution in [3.05, 3.63) is 42.0 Å². The van der Waals surface area contributed by atoms with Crippen LogP contribution in [0.5, 0.6) is 0 Å². The minimum absolute atomic E-state index is 0.0722. The summed E-state index contributed by atoms with van der Waals surface area (Å²) < 4.78 is 12.3. The predicted octanol–water partition coefficient (Wildman–Crippen LogP) is 3.34. The van der Waals surface area contributed by atoms with E-state index in [2.05, 4.69) is 0 Å². The SMILES string of the molecule is CC(=O)c1ccc2c(B3OC(C)(C)C(C)(C)O3)cccc2c1. The van der Waals surface area contributed by atoms with E-state index >= 15 is 0 Å². The summed E-state index contributed by atoms with van der Waals surface area (Å²) >= 11 is 0. The number of hydrogen-bond donors (Lipinski definition) is 0. The number of carbonyl (C=O) groups excluding carboxylic acids is 1. The molecule has 0 spiro atoms. The average molecular weight is 296 g/mol. The van der Waals surface area contributed by atoms with E-state index in [0.29, 0.717) is 0 Å². The van der Waals surface area contributed by atoms with Crippen molar-refractivity contribution in [3.63, 3.8) is 0 Å². The first kappa shape index (κ1) is 15.3. The lowest BCUT2D eigenvalue weighted by Gasteiger charge is -2.32. The molecular formula is C18H21BO3. The zero-order valence-electron chi connectivity index (χ0n) is 13.8. The maximum Gasteiger partial charge on any atom is 0.495 e. The Morgan fingerprint density at radius 2 is 1.64 bits per heavy atom. The third-order valence-corrected chi connectivity index (χ3v) is 4.83. The molecule has 0 unspecified atom stereocenters. The van der Waals surface area contributed by atoms with Crippen molar-refractivity contribution >= 4 is 29.1 Å². The van der Waals surface area contributed by atoms with Gasteiger partial charge in [0.15, 0.2) is 5.78 Å². The molecule has 0 aliphatic carbocycles. The lowest BCUT2D eigenvalue weighted by molar-refractivity contribution is 0.00578. The fourth-order valence-electron chi connectivity index (χ4n) is 2.70. The zero-order chi connectivity index (χ0) is 16.1. The number of fused-ring (bicyclic) bond motifs is 1. The maximum absolute atomic E-state index is 11.6. The van der Waals surface area contributed by atoms with Crippen LogP contribution in [-0.4, -0.2) is 24.1 Å². The van der Waals surface area contributed by atoms with E-state index < -0.39 is 7.12 Å². The molecule has 0 atom stereocenters. The molecule has 1 fully saturated rings. The van der Waals surface area contributed by atoms with Gasteiger partial charge < -0.3 is 9.31 Å². The first-order chi connectivity index (χ1) is 10.2. The maximum atomic E-state index is 11.6. The van der Waals surface area contributed by atoms with Crippen molar-refractivity contribution in [1.82, 2.24) is 0 Å². The summed E-state index contributed by atoms with van der Waals surface area (Å²) in [7, 11) is -0.392. The van der Waals surface area contributed by atoms with Crippen LogP contribution < -0.4 is 5.46 Å². The van der Waals surface area contributed by atoms with Gasteiger partial charge in [-0.15, -0.1) is 0 Å². The molecule has 1 aliphatic rings. The molecule has 1 saturated heterocycles. The molecule has 114 valence electrons. The molecule has 3 nitrogen and oxygen atoms in total. The molecule has 0 radical (unpaired) electrons.